The first kappa shape index (κ1) is 12.7. The van der Waals surface area contributed by atoms with E-state index in [0.717, 1.165) is 24.5 Å². The Labute approximate surface area is 107 Å². The van der Waals surface area contributed by atoms with E-state index in [9.17, 15) is 0 Å². The molecule has 0 amide bonds. The number of aromatic nitrogens is 4. The van der Waals surface area contributed by atoms with Gasteiger partial charge in [-0.3, -0.25) is 4.98 Å². The van der Waals surface area contributed by atoms with E-state index in [1.165, 1.54) is 0 Å². The summed E-state index contributed by atoms with van der Waals surface area (Å²) in [6.07, 6.45) is 4.48. The van der Waals surface area contributed by atoms with E-state index in [0.29, 0.717) is 6.54 Å². The normalized spacial score (nSPS) is 12.6. The minimum absolute atomic E-state index is 0.206. The average molecular weight is 245 g/mol. The molecular formula is C13H19N5. The van der Waals surface area contributed by atoms with Gasteiger partial charge in [0.05, 0.1) is 12.2 Å². The van der Waals surface area contributed by atoms with E-state index in [1.807, 2.05) is 29.1 Å². The third-order valence-electron chi connectivity index (χ3n) is 2.83. The Morgan fingerprint density at radius 2 is 2.22 bits per heavy atom. The van der Waals surface area contributed by atoms with Gasteiger partial charge in [-0.15, -0.1) is 0 Å². The molecule has 0 aliphatic carbocycles. The first-order valence-electron chi connectivity index (χ1n) is 6.32. The molecule has 2 aromatic rings. The topological polar surface area (TPSA) is 55.6 Å². The van der Waals surface area contributed by atoms with Gasteiger partial charge in [0.15, 0.2) is 0 Å². The van der Waals surface area contributed by atoms with Gasteiger partial charge in [0.1, 0.15) is 12.2 Å². The largest absolute Gasteiger partial charge is 0.302 e. The summed E-state index contributed by atoms with van der Waals surface area (Å²) in [4.78, 5) is 8.60. The second kappa shape index (κ2) is 6.26. The molecule has 5 heteroatoms. The van der Waals surface area contributed by atoms with Gasteiger partial charge in [0.25, 0.3) is 0 Å². The van der Waals surface area contributed by atoms with Gasteiger partial charge in [-0.1, -0.05) is 13.0 Å². The molecule has 0 aliphatic heterocycles. The molecule has 2 rings (SSSR count). The van der Waals surface area contributed by atoms with Gasteiger partial charge in [-0.2, -0.15) is 5.10 Å². The van der Waals surface area contributed by atoms with Crippen molar-refractivity contribution in [1.82, 2.24) is 25.1 Å². The Hall–Kier alpha value is -1.75. The van der Waals surface area contributed by atoms with Crippen LogP contribution in [0.4, 0.5) is 0 Å². The quantitative estimate of drug-likeness (QED) is 0.845. The molecule has 1 N–H and O–H groups in total. The summed E-state index contributed by atoms with van der Waals surface area (Å²) < 4.78 is 1.94. The highest BCUT2D eigenvalue weighted by Crippen LogP contribution is 2.08. The molecule has 18 heavy (non-hydrogen) atoms. The van der Waals surface area contributed by atoms with Crippen molar-refractivity contribution in [3.8, 4) is 0 Å². The lowest BCUT2D eigenvalue weighted by Crippen LogP contribution is -2.21. The third kappa shape index (κ3) is 3.13. The SMILES string of the molecule is CCCn1ncnc1CN[C@@H](C)c1ccccn1. The van der Waals surface area contributed by atoms with E-state index in [4.69, 9.17) is 0 Å². The molecule has 0 unspecified atom stereocenters. The fourth-order valence-electron chi connectivity index (χ4n) is 1.80. The van der Waals surface area contributed by atoms with Crippen LogP contribution in [0, 0.1) is 0 Å². The van der Waals surface area contributed by atoms with E-state index in [-0.39, 0.29) is 6.04 Å². The number of nitrogens with zero attached hydrogens (tertiary/aromatic N) is 4. The summed E-state index contributed by atoms with van der Waals surface area (Å²) in [5, 5.41) is 7.62. The van der Waals surface area contributed by atoms with Crippen LogP contribution < -0.4 is 5.32 Å². The maximum absolute atomic E-state index is 4.33. The van der Waals surface area contributed by atoms with Crippen LogP contribution in [0.15, 0.2) is 30.7 Å². The van der Waals surface area contributed by atoms with Crippen molar-refractivity contribution in [1.29, 1.82) is 0 Å². The van der Waals surface area contributed by atoms with E-state index < -0.39 is 0 Å². The molecular weight excluding hydrogens is 226 g/mol. The molecule has 2 aromatic heterocycles. The number of pyridine rings is 1. The average Bonchev–Trinajstić information content (AvgIpc) is 2.85. The zero-order valence-electron chi connectivity index (χ0n) is 10.9. The van der Waals surface area contributed by atoms with E-state index in [1.54, 1.807) is 6.33 Å². The molecule has 0 fully saturated rings. The molecule has 0 aliphatic rings. The molecule has 0 radical (unpaired) electrons. The zero-order valence-corrected chi connectivity index (χ0v) is 10.9. The number of aryl methyl sites for hydroxylation is 1. The highest BCUT2D eigenvalue weighted by molar-refractivity contribution is 5.07. The second-order valence-electron chi connectivity index (χ2n) is 4.26. The standard InChI is InChI=1S/C13H19N5/c1-3-8-18-13(16-10-17-18)9-15-11(2)12-6-4-5-7-14-12/h4-7,10-11,15H,3,8-9H2,1-2H3/t11-/m0/s1. The van der Waals surface area contributed by atoms with Gasteiger partial charge in [-0.05, 0) is 25.5 Å². The zero-order chi connectivity index (χ0) is 12.8. The van der Waals surface area contributed by atoms with Crippen LogP contribution in [0.25, 0.3) is 0 Å². The smallest absolute Gasteiger partial charge is 0.140 e. The summed E-state index contributed by atoms with van der Waals surface area (Å²) in [6.45, 7) is 5.85. The maximum Gasteiger partial charge on any atom is 0.140 e. The predicted octanol–water partition coefficient (Wildman–Crippen LogP) is 1.93. The van der Waals surface area contributed by atoms with Crippen LogP contribution in [0.3, 0.4) is 0 Å². The highest BCUT2D eigenvalue weighted by atomic mass is 15.3. The van der Waals surface area contributed by atoms with Gasteiger partial charge >= 0.3 is 0 Å². The minimum atomic E-state index is 0.206. The number of rotatable bonds is 6. The fourth-order valence-corrected chi connectivity index (χ4v) is 1.80. The summed E-state index contributed by atoms with van der Waals surface area (Å²) >= 11 is 0. The molecule has 0 saturated carbocycles. The second-order valence-corrected chi connectivity index (χ2v) is 4.26. The number of hydrogen-bond acceptors (Lipinski definition) is 4. The lowest BCUT2D eigenvalue weighted by atomic mass is 10.2. The van der Waals surface area contributed by atoms with Crippen LogP contribution in [0.2, 0.25) is 0 Å². The molecule has 0 saturated heterocycles. The summed E-state index contributed by atoms with van der Waals surface area (Å²) in [5.41, 5.74) is 1.04. The van der Waals surface area contributed by atoms with Crippen molar-refractivity contribution in [3.05, 3.63) is 42.2 Å². The van der Waals surface area contributed by atoms with Crippen molar-refractivity contribution in [2.24, 2.45) is 0 Å². The molecule has 0 spiro atoms. The minimum Gasteiger partial charge on any atom is -0.302 e. The first-order valence-corrected chi connectivity index (χ1v) is 6.32. The lowest BCUT2D eigenvalue weighted by Gasteiger charge is -2.13. The van der Waals surface area contributed by atoms with Gasteiger partial charge in [0, 0.05) is 18.8 Å². The number of hydrogen-bond donors (Lipinski definition) is 1. The van der Waals surface area contributed by atoms with Crippen molar-refractivity contribution in [2.75, 3.05) is 0 Å². The summed E-state index contributed by atoms with van der Waals surface area (Å²) in [6, 6.07) is 6.15. The predicted molar refractivity (Wildman–Crippen MR) is 69.8 cm³/mol. The molecule has 96 valence electrons. The molecule has 5 nitrogen and oxygen atoms in total. The van der Waals surface area contributed by atoms with Crippen LogP contribution in [0.1, 0.15) is 37.8 Å². The Morgan fingerprint density at radius 3 is 2.94 bits per heavy atom. The number of nitrogens with one attached hydrogen (secondary N) is 1. The Bertz CT molecular complexity index is 465. The van der Waals surface area contributed by atoms with Gasteiger partial charge in [0.2, 0.25) is 0 Å². The Balaban J connectivity index is 1.93. The maximum atomic E-state index is 4.33. The van der Waals surface area contributed by atoms with Crippen molar-refractivity contribution < 1.29 is 0 Å². The van der Waals surface area contributed by atoms with Gasteiger partial charge < -0.3 is 5.32 Å². The molecule has 2 heterocycles. The Morgan fingerprint density at radius 1 is 1.33 bits per heavy atom. The fraction of sp³-hybridized carbons (Fsp3) is 0.462. The van der Waals surface area contributed by atoms with Crippen molar-refractivity contribution in [3.63, 3.8) is 0 Å². The molecule has 0 bridgehead atoms. The van der Waals surface area contributed by atoms with Crippen molar-refractivity contribution >= 4 is 0 Å². The molecule has 1 atom stereocenters. The van der Waals surface area contributed by atoms with Crippen molar-refractivity contribution in [2.45, 2.75) is 39.4 Å². The summed E-state index contributed by atoms with van der Waals surface area (Å²) in [5.74, 6) is 0.972. The van der Waals surface area contributed by atoms with Gasteiger partial charge in [-0.25, -0.2) is 9.67 Å². The highest BCUT2D eigenvalue weighted by Gasteiger charge is 2.08. The molecule has 0 aromatic carbocycles. The lowest BCUT2D eigenvalue weighted by molar-refractivity contribution is 0.504. The summed E-state index contributed by atoms with van der Waals surface area (Å²) in [7, 11) is 0. The first-order chi connectivity index (χ1) is 8.81. The Kier molecular flexibility index (Phi) is 4.41. The monoisotopic (exact) mass is 245 g/mol. The third-order valence-corrected chi connectivity index (χ3v) is 2.83. The van der Waals surface area contributed by atoms with E-state index >= 15 is 0 Å². The van der Waals surface area contributed by atoms with Crippen LogP contribution in [-0.2, 0) is 13.1 Å². The van der Waals surface area contributed by atoms with Crippen LogP contribution >= 0.6 is 0 Å². The van der Waals surface area contributed by atoms with Crippen LogP contribution in [0.5, 0.6) is 0 Å². The van der Waals surface area contributed by atoms with Crippen LogP contribution in [-0.4, -0.2) is 19.7 Å². The van der Waals surface area contributed by atoms with E-state index in [2.05, 4.69) is 34.2 Å².